The van der Waals surface area contributed by atoms with Gasteiger partial charge in [0.15, 0.2) is 0 Å². The molecule has 0 saturated heterocycles. The molecule has 0 spiro atoms. The number of nitrogens with two attached hydrogens (primary N) is 1. The second-order valence-corrected chi connectivity index (χ2v) is 5.89. The van der Waals surface area contributed by atoms with Crippen LogP contribution in [0.1, 0.15) is 53.4 Å². The van der Waals surface area contributed by atoms with Crippen LogP contribution >= 0.6 is 0 Å². The van der Waals surface area contributed by atoms with Crippen molar-refractivity contribution in [2.45, 2.75) is 65.0 Å². The van der Waals surface area contributed by atoms with Gasteiger partial charge >= 0.3 is 0 Å². The largest absolute Gasteiger partial charge is 0.324 e. The highest BCUT2D eigenvalue weighted by atomic mass is 15.2. The lowest BCUT2D eigenvalue weighted by molar-refractivity contribution is 0.195. The van der Waals surface area contributed by atoms with E-state index in [1.807, 2.05) is 0 Å². The average molecular weight is 212 g/mol. The van der Waals surface area contributed by atoms with Gasteiger partial charge in [-0.1, -0.05) is 20.8 Å². The van der Waals surface area contributed by atoms with Gasteiger partial charge in [-0.25, -0.2) is 0 Å². The van der Waals surface area contributed by atoms with Gasteiger partial charge in [-0.05, 0) is 45.1 Å². The molecule has 1 fully saturated rings. The van der Waals surface area contributed by atoms with Gasteiger partial charge in [-0.15, -0.1) is 0 Å². The smallest absolute Gasteiger partial charge is 0.0252 e. The monoisotopic (exact) mass is 212 g/mol. The third kappa shape index (κ3) is 4.98. The normalized spacial score (nSPS) is 21.0. The molecule has 1 unspecified atom stereocenters. The molecular formula is C13H28N2. The molecule has 0 aromatic carbocycles. The van der Waals surface area contributed by atoms with E-state index in [4.69, 9.17) is 5.73 Å². The van der Waals surface area contributed by atoms with E-state index >= 15 is 0 Å². The highest BCUT2D eigenvalue weighted by Gasteiger charge is 2.32. The zero-order valence-electron chi connectivity index (χ0n) is 10.9. The molecule has 0 radical (unpaired) electrons. The fraction of sp³-hybridized carbons (Fsp3) is 1.00. The molecule has 1 aliphatic carbocycles. The zero-order valence-corrected chi connectivity index (χ0v) is 10.9. The van der Waals surface area contributed by atoms with Gasteiger partial charge in [0.05, 0.1) is 0 Å². The van der Waals surface area contributed by atoms with E-state index in [-0.39, 0.29) is 5.54 Å². The van der Waals surface area contributed by atoms with E-state index in [0.717, 1.165) is 24.9 Å². The lowest BCUT2D eigenvalue weighted by atomic mass is 9.99. The first-order chi connectivity index (χ1) is 6.94. The third-order valence-corrected chi connectivity index (χ3v) is 3.43. The highest BCUT2D eigenvalue weighted by molar-refractivity contribution is 4.90. The van der Waals surface area contributed by atoms with Crippen LogP contribution in [0, 0.1) is 5.92 Å². The summed E-state index contributed by atoms with van der Waals surface area (Å²) in [6.45, 7) is 11.3. The summed E-state index contributed by atoms with van der Waals surface area (Å²) in [6.07, 6.45) is 5.14. The Hall–Kier alpha value is -0.0800. The van der Waals surface area contributed by atoms with Crippen LogP contribution < -0.4 is 5.73 Å². The summed E-state index contributed by atoms with van der Waals surface area (Å²) >= 11 is 0. The standard InChI is InChI=1S/C13H28N2/c1-5-13(4,14)10-15(12-6-7-12)9-8-11(2)3/h11-12H,5-10,14H2,1-4H3. The summed E-state index contributed by atoms with van der Waals surface area (Å²) in [6, 6.07) is 0.846. The summed E-state index contributed by atoms with van der Waals surface area (Å²) in [4.78, 5) is 2.61. The van der Waals surface area contributed by atoms with Crippen LogP contribution in [-0.2, 0) is 0 Å². The maximum absolute atomic E-state index is 6.25. The van der Waals surface area contributed by atoms with Crippen molar-refractivity contribution in [2.75, 3.05) is 13.1 Å². The molecule has 0 amide bonds. The van der Waals surface area contributed by atoms with Gasteiger partial charge in [0.25, 0.3) is 0 Å². The Bertz CT molecular complexity index is 183. The minimum Gasteiger partial charge on any atom is -0.324 e. The van der Waals surface area contributed by atoms with Crippen LogP contribution in [0.15, 0.2) is 0 Å². The van der Waals surface area contributed by atoms with Crippen molar-refractivity contribution in [3.05, 3.63) is 0 Å². The van der Waals surface area contributed by atoms with E-state index in [1.165, 1.54) is 25.8 Å². The second-order valence-electron chi connectivity index (χ2n) is 5.89. The van der Waals surface area contributed by atoms with E-state index in [9.17, 15) is 0 Å². The van der Waals surface area contributed by atoms with Gasteiger partial charge in [-0.2, -0.15) is 0 Å². The predicted octanol–water partition coefficient (Wildman–Crippen LogP) is 2.62. The summed E-state index contributed by atoms with van der Waals surface area (Å²) < 4.78 is 0. The predicted molar refractivity (Wildman–Crippen MR) is 66.9 cm³/mol. The molecule has 2 N–H and O–H groups in total. The van der Waals surface area contributed by atoms with Crippen molar-refractivity contribution in [2.24, 2.45) is 11.7 Å². The first-order valence-corrected chi connectivity index (χ1v) is 6.47. The van der Waals surface area contributed by atoms with E-state index in [2.05, 4.69) is 32.6 Å². The quantitative estimate of drug-likeness (QED) is 0.703. The summed E-state index contributed by atoms with van der Waals surface area (Å²) in [5.74, 6) is 0.803. The van der Waals surface area contributed by atoms with Crippen molar-refractivity contribution < 1.29 is 0 Å². The first-order valence-electron chi connectivity index (χ1n) is 6.47. The highest BCUT2D eigenvalue weighted by Crippen LogP contribution is 2.28. The Morgan fingerprint density at radius 2 is 2.00 bits per heavy atom. The molecule has 0 aliphatic heterocycles. The molecule has 2 heteroatoms. The van der Waals surface area contributed by atoms with Crippen molar-refractivity contribution >= 4 is 0 Å². The number of rotatable bonds is 7. The van der Waals surface area contributed by atoms with Gasteiger partial charge < -0.3 is 5.73 Å². The minimum atomic E-state index is -0.000427. The molecule has 90 valence electrons. The van der Waals surface area contributed by atoms with Gasteiger partial charge in [-0.3, -0.25) is 4.90 Å². The van der Waals surface area contributed by atoms with Crippen LogP contribution in [0.25, 0.3) is 0 Å². The Morgan fingerprint density at radius 3 is 2.40 bits per heavy atom. The Balaban J connectivity index is 2.37. The summed E-state index contributed by atoms with van der Waals surface area (Å²) in [5, 5.41) is 0. The molecule has 1 aliphatic rings. The van der Waals surface area contributed by atoms with Crippen LogP contribution in [0.4, 0.5) is 0 Å². The van der Waals surface area contributed by atoms with Crippen molar-refractivity contribution in [3.63, 3.8) is 0 Å². The molecule has 15 heavy (non-hydrogen) atoms. The van der Waals surface area contributed by atoms with Gasteiger partial charge in [0, 0.05) is 18.1 Å². The number of nitrogens with zero attached hydrogens (tertiary/aromatic N) is 1. The molecule has 1 atom stereocenters. The molecule has 2 nitrogen and oxygen atoms in total. The maximum Gasteiger partial charge on any atom is 0.0252 e. The van der Waals surface area contributed by atoms with Crippen molar-refractivity contribution in [1.82, 2.24) is 4.90 Å². The fourth-order valence-corrected chi connectivity index (χ4v) is 1.83. The SMILES string of the molecule is CCC(C)(N)CN(CCC(C)C)C1CC1. The van der Waals surface area contributed by atoms with Gasteiger partial charge in [0.2, 0.25) is 0 Å². The van der Waals surface area contributed by atoms with E-state index in [1.54, 1.807) is 0 Å². The lowest BCUT2D eigenvalue weighted by Crippen LogP contribution is -2.48. The molecule has 1 rings (SSSR count). The third-order valence-electron chi connectivity index (χ3n) is 3.43. The molecule has 0 aromatic heterocycles. The van der Waals surface area contributed by atoms with Crippen molar-refractivity contribution in [1.29, 1.82) is 0 Å². The Morgan fingerprint density at radius 1 is 1.40 bits per heavy atom. The van der Waals surface area contributed by atoms with Crippen molar-refractivity contribution in [3.8, 4) is 0 Å². The van der Waals surface area contributed by atoms with Crippen LogP contribution in [-0.4, -0.2) is 29.6 Å². The van der Waals surface area contributed by atoms with Crippen LogP contribution in [0.3, 0.4) is 0 Å². The molecule has 0 heterocycles. The summed E-state index contributed by atoms with van der Waals surface area (Å²) in [5.41, 5.74) is 6.25. The first kappa shape index (κ1) is 13.0. The average Bonchev–Trinajstić information content (AvgIpc) is 2.95. The second kappa shape index (κ2) is 5.31. The number of hydrogen-bond acceptors (Lipinski definition) is 2. The Labute approximate surface area is 95.2 Å². The maximum atomic E-state index is 6.25. The van der Waals surface area contributed by atoms with Gasteiger partial charge in [0.1, 0.15) is 0 Å². The minimum absolute atomic E-state index is 0.000427. The topological polar surface area (TPSA) is 29.3 Å². The van der Waals surface area contributed by atoms with E-state index in [0.29, 0.717) is 0 Å². The zero-order chi connectivity index (χ0) is 11.5. The number of hydrogen-bond donors (Lipinski definition) is 1. The van der Waals surface area contributed by atoms with Crippen LogP contribution in [0.2, 0.25) is 0 Å². The molecule has 0 bridgehead atoms. The molecule has 0 aromatic rings. The van der Waals surface area contributed by atoms with E-state index < -0.39 is 0 Å². The molecular weight excluding hydrogens is 184 g/mol. The summed E-state index contributed by atoms with van der Waals surface area (Å²) in [7, 11) is 0. The Kier molecular flexibility index (Phi) is 4.60. The lowest BCUT2D eigenvalue weighted by Gasteiger charge is -2.32. The van der Waals surface area contributed by atoms with Crippen LogP contribution in [0.5, 0.6) is 0 Å². The fourth-order valence-electron chi connectivity index (χ4n) is 1.83. The molecule has 1 saturated carbocycles.